The molecule has 1 aliphatic rings. The van der Waals surface area contributed by atoms with Crippen molar-refractivity contribution in [3.05, 3.63) is 54.0 Å². The molecule has 0 unspecified atom stereocenters. The van der Waals surface area contributed by atoms with E-state index in [2.05, 4.69) is 5.32 Å². The summed E-state index contributed by atoms with van der Waals surface area (Å²) in [5.41, 5.74) is 0.827. The molecule has 0 spiro atoms. The van der Waals surface area contributed by atoms with Crippen LogP contribution in [0.5, 0.6) is 0 Å². The van der Waals surface area contributed by atoms with Crippen LogP contribution >= 0.6 is 0 Å². The summed E-state index contributed by atoms with van der Waals surface area (Å²) in [5, 5.41) is 2.67. The van der Waals surface area contributed by atoms with E-state index in [0.717, 1.165) is 19.3 Å². The number of amides is 2. The topological polar surface area (TPSA) is 88.9 Å². The first-order chi connectivity index (χ1) is 13.5. The molecule has 1 aliphatic heterocycles. The molecule has 1 aromatic heterocycles. The Kier molecular flexibility index (Phi) is 6.13. The van der Waals surface area contributed by atoms with Crippen molar-refractivity contribution in [3.63, 3.8) is 0 Å². The van der Waals surface area contributed by atoms with Gasteiger partial charge in [0.15, 0.2) is 12.4 Å². The van der Waals surface area contributed by atoms with Crippen LogP contribution in [0.3, 0.4) is 0 Å². The Hall–Kier alpha value is -3.09. The fourth-order valence-corrected chi connectivity index (χ4v) is 3.49. The summed E-state index contributed by atoms with van der Waals surface area (Å²) in [5.74, 6) is -0.927. The predicted molar refractivity (Wildman–Crippen MR) is 103 cm³/mol. The van der Waals surface area contributed by atoms with E-state index in [1.54, 1.807) is 24.3 Å². The molecule has 0 saturated carbocycles. The van der Waals surface area contributed by atoms with Gasteiger partial charge in [0.2, 0.25) is 0 Å². The minimum Gasteiger partial charge on any atom is -0.459 e. The lowest BCUT2D eigenvalue weighted by Gasteiger charge is -2.38. The van der Waals surface area contributed by atoms with Crippen molar-refractivity contribution in [2.75, 3.05) is 11.9 Å². The highest BCUT2D eigenvalue weighted by atomic mass is 16.5. The number of hydrogen-bond donors (Lipinski definition) is 1. The highest BCUT2D eigenvalue weighted by Gasteiger charge is 2.29. The third-order valence-corrected chi connectivity index (χ3v) is 4.93. The average molecular weight is 384 g/mol. The van der Waals surface area contributed by atoms with E-state index in [9.17, 15) is 14.4 Å². The van der Waals surface area contributed by atoms with Crippen LogP contribution in [-0.4, -0.2) is 41.4 Å². The Morgan fingerprint density at radius 2 is 1.79 bits per heavy atom. The van der Waals surface area contributed by atoms with Crippen LogP contribution in [0, 0.1) is 0 Å². The van der Waals surface area contributed by atoms with Gasteiger partial charge in [-0.2, -0.15) is 0 Å². The Bertz CT molecular complexity index is 819. The molecule has 2 heterocycles. The molecule has 1 N–H and O–H groups in total. The number of nitrogens with one attached hydrogen (secondary N) is 1. The molecule has 0 bridgehead atoms. The Labute approximate surface area is 163 Å². The van der Waals surface area contributed by atoms with E-state index >= 15 is 0 Å². The third-order valence-electron chi connectivity index (χ3n) is 4.93. The molecular formula is C21H24N2O5. The number of carbonyl (C=O) groups is 3. The van der Waals surface area contributed by atoms with E-state index in [1.807, 2.05) is 18.7 Å². The molecule has 7 heteroatoms. The molecule has 7 nitrogen and oxygen atoms in total. The second-order valence-electron chi connectivity index (χ2n) is 7.01. The summed E-state index contributed by atoms with van der Waals surface area (Å²) in [6.45, 7) is 3.76. The van der Waals surface area contributed by atoms with Gasteiger partial charge in [-0.25, -0.2) is 4.79 Å². The number of nitrogens with zero attached hydrogens (tertiary/aromatic N) is 1. The van der Waals surface area contributed by atoms with Crippen LogP contribution in [0.4, 0.5) is 5.69 Å². The van der Waals surface area contributed by atoms with E-state index < -0.39 is 5.97 Å². The number of ether oxygens (including phenoxy) is 1. The Morgan fingerprint density at radius 1 is 1.11 bits per heavy atom. The van der Waals surface area contributed by atoms with Crippen LogP contribution < -0.4 is 5.32 Å². The predicted octanol–water partition coefficient (Wildman–Crippen LogP) is 3.48. The molecule has 1 fully saturated rings. The molecule has 2 aromatic rings. The van der Waals surface area contributed by atoms with Crippen LogP contribution in [-0.2, 0) is 9.53 Å². The maximum atomic E-state index is 12.4. The summed E-state index contributed by atoms with van der Waals surface area (Å²) in [7, 11) is 0. The lowest BCUT2D eigenvalue weighted by molar-refractivity contribution is -0.140. The number of benzene rings is 1. The summed E-state index contributed by atoms with van der Waals surface area (Å²) >= 11 is 0. The van der Waals surface area contributed by atoms with Gasteiger partial charge >= 0.3 is 5.97 Å². The molecular weight excluding hydrogens is 360 g/mol. The number of rotatable bonds is 5. The lowest BCUT2D eigenvalue weighted by atomic mass is 9.97. The van der Waals surface area contributed by atoms with Gasteiger partial charge in [-0.1, -0.05) is 0 Å². The number of carbonyl (C=O) groups excluding carboxylic acids is 3. The number of piperidine rings is 1. The highest BCUT2D eigenvalue weighted by molar-refractivity contribution is 6.02. The van der Waals surface area contributed by atoms with Gasteiger partial charge in [-0.15, -0.1) is 0 Å². The second kappa shape index (κ2) is 8.73. The monoisotopic (exact) mass is 384 g/mol. The molecule has 2 atom stereocenters. The molecule has 0 aliphatic carbocycles. The number of likely N-dealkylation sites (tertiary alicyclic amines) is 1. The van der Waals surface area contributed by atoms with Crippen LogP contribution in [0.2, 0.25) is 0 Å². The lowest BCUT2D eigenvalue weighted by Crippen LogP contribution is -2.49. The van der Waals surface area contributed by atoms with Crippen molar-refractivity contribution < 1.29 is 23.5 Å². The molecule has 148 valence electrons. The van der Waals surface area contributed by atoms with Gasteiger partial charge in [-0.3, -0.25) is 9.59 Å². The fraction of sp³-hybridized carbons (Fsp3) is 0.381. The average Bonchev–Trinajstić information content (AvgIpc) is 3.21. The zero-order valence-electron chi connectivity index (χ0n) is 16.0. The minimum atomic E-state index is -0.574. The van der Waals surface area contributed by atoms with Gasteiger partial charge < -0.3 is 19.4 Å². The van der Waals surface area contributed by atoms with Crippen molar-refractivity contribution in [3.8, 4) is 0 Å². The van der Waals surface area contributed by atoms with Crippen LogP contribution in [0.15, 0.2) is 47.1 Å². The SMILES string of the molecule is C[C@H]1CCC[C@H](C)N1C(=O)COC(=O)c1ccc(NC(=O)c2ccco2)cc1. The Morgan fingerprint density at radius 3 is 2.39 bits per heavy atom. The zero-order chi connectivity index (χ0) is 20.1. The fourth-order valence-electron chi connectivity index (χ4n) is 3.49. The number of furan rings is 1. The van der Waals surface area contributed by atoms with E-state index in [4.69, 9.17) is 9.15 Å². The first-order valence-electron chi connectivity index (χ1n) is 9.39. The summed E-state index contributed by atoms with van der Waals surface area (Å²) in [6, 6.07) is 9.76. The minimum absolute atomic E-state index is 0.159. The quantitative estimate of drug-likeness (QED) is 0.797. The standard InChI is InChI=1S/C21H24N2O5/c1-14-5-3-6-15(2)23(14)19(24)13-28-21(26)16-8-10-17(11-9-16)22-20(25)18-7-4-12-27-18/h4,7-12,14-15H,3,5-6,13H2,1-2H3,(H,22,25)/t14-,15-/m0/s1. The van der Waals surface area contributed by atoms with Crippen molar-refractivity contribution in [2.45, 2.75) is 45.2 Å². The first-order valence-corrected chi connectivity index (χ1v) is 9.39. The molecule has 1 saturated heterocycles. The molecule has 0 radical (unpaired) electrons. The summed E-state index contributed by atoms with van der Waals surface area (Å²) in [6.07, 6.45) is 4.46. The maximum absolute atomic E-state index is 12.4. The van der Waals surface area contributed by atoms with Gasteiger partial charge in [-0.05, 0) is 69.5 Å². The first kappa shape index (κ1) is 19.7. The largest absolute Gasteiger partial charge is 0.459 e. The molecule has 28 heavy (non-hydrogen) atoms. The van der Waals surface area contributed by atoms with Crippen molar-refractivity contribution >= 4 is 23.5 Å². The van der Waals surface area contributed by atoms with Crippen molar-refractivity contribution in [1.29, 1.82) is 0 Å². The number of hydrogen-bond acceptors (Lipinski definition) is 5. The van der Waals surface area contributed by atoms with E-state index in [1.165, 1.54) is 18.4 Å². The maximum Gasteiger partial charge on any atom is 0.338 e. The molecule has 3 rings (SSSR count). The van der Waals surface area contributed by atoms with Gasteiger partial charge in [0.05, 0.1) is 11.8 Å². The zero-order valence-corrected chi connectivity index (χ0v) is 16.0. The normalized spacial score (nSPS) is 19.1. The summed E-state index contributed by atoms with van der Waals surface area (Å²) in [4.78, 5) is 38.4. The molecule has 1 aromatic carbocycles. The third kappa shape index (κ3) is 4.60. The summed E-state index contributed by atoms with van der Waals surface area (Å²) < 4.78 is 10.2. The van der Waals surface area contributed by atoms with Crippen molar-refractivity contribution in [1.82, 2.24) is 4.90 Å². The van der Waals surface area contributed by atoms with Crippen molar-refractivity contribution in [2.24, 2.45) is 0 Å². The smallest absolute Gasteiger partial charge is 0.338 e. The Balaban J connectivity index is 1.53. The van der Waals surface area contributed by atoms with Crippen LogP contribution in [0.1, 0.15) is 54.0 Å². The van der Waals surface area contributed by atoms with Gasteiger partial charge in [0.25, 0.3) is 11.8 Å². The number of esters is 1. The number of anilines is 1. The molecule has 2 amide bonds. The van der Waals surface area contributed by atoms with E-state index in [-0.39, 0.29) is 36.3 Å². The highest BCUT2D eigenvalue weighted by Crippen LogP contribution is 2.22. The van der Waals surface area contributed by atoms with E-state index in [0.29, 0.717) is 11.3 Å². The second-order valence-corrected chi connectivity index (χ2v) is 7.01. The van der Waals surface area contributed by atoms with Crippen LogP contribution in [0.25, 0.3) is 0 Å². The van der Waals surface area contributed by atoms with Gasteiger partial charge in [0, 0.05) is 17.8 Å². The van der Waals surface area contributed by atoms with Gasteiger partial charge in [0.1, 0.15) is 0 Å².